The minimum atomic E-state index is -0.229. The molecule has 0 amide bonds. The van der Waals surface area contributed by atoms with E-state index < -0.39 is 0 Å². The number of ether oxygens (including phenoxy) is 1. The van der Waals surface area contributed by atoms with E-state index in [0.717, 1.165) is 23.3 Å². The summed E-state index contributed by atoms with van der Waals surface area (Å²) in [7, 11) is 0. The summed E-state index contributed by atoms with van der Waals surface area (Å²) in [6.07, 6.45) is 2.68. The second kappa shape index (κ2) is 7.91. The van der Waals surface area contributed by atoms with Crippen molar-refractivity contribution in [1.82, 2.24) is 14.6 Å². The minimum absolute atomic E-state index is 0.229. The van der Waals surface area contributed by atoms with Gasteiger partial charge in [-0.2, -0.15) is 9.50 Å². The van der Waals surface area contributed by atoms with E-state index >= 15 is 0 Å². The van der Waals surface area contributed by atoms with Gasteiger partial charge >= 0.3 is 0 Å². The third-order valence-electron chi connectivity index (χ3n) is 4.02. The second-order valence-electron chi connectivity index (χ2n) is 6.08. The summed E-state index contributed by atoms with van der Waals surface area (Å²) in [5.74, 6) is 1.30. The van der Waals surface area contributed by atoms with Gasteiger partial charge in [0.2, 0.25) is 4.96 Å². The monoisotopic (exact) mass is 431 g/mol. The van der Waals surface area contributed by atoms with E-state index in [1.807, 2.05) is 24.3 Å². The van der Waals surface area contributed by atoms with Crippen molar-refractivity contribution < 1.29 is 4.74 Å². The van der Waals surface area contributed by atoms with Crippen LogP contribution in [0.5, 0.6) is 5.75 Å². The molecule has 2 aromatic heterocycles. The van der Waals surface area contributed by atoms with Crippen molar-refractivity contribution >= 4 is 45.6 Å². The average Bonchev–Trinajstić information content (AvgIpc) is 3.22. The van der Waals surface area contributed by atoms with Gasteiger partial charge in [0.1, 0.15) is 5.75 Å². The normalized spacial score (nSPS) is 12.0. The maximum Gasteiger partial charge on any atom is 0.291 e. The number of rotatable bonds is 5. The molecule has 2 heterocycles. The first-order valence-corrected chi connectivity index (χ1v) is 10.2. The van der Waals surface area contributed by atoms with Crippen molar-refractivity contribution in [3.63, 3.8) is 0 Å². The lowest BCUT2D eigenvalue weighted by molar-refractivity contribution is 0.317. The van der Waals surface area contributed by atoms with Crippen LogP contribution in [-0.2, 0) is 0 Å². The Kier molecular flexibility index (Phi) is 5.35. The third kappa shape index (κ3) is 3.76. The molecule has 0 fully saturated rings. The number of halogens is 2. The van der Waals surface area contributed by atoms with E-state index in [1.165, 1.54) is 15.9 Å². The molecule has 8 heteroatoms. The summed E-state index contributed by atoms with van der Waals surface area (Å²) < 4.78 is 7.41. The van der Waals surface area contributed by atoms with Gasteiger partial charge in [-0.1, -0.05) is 47.5 Å². The molecule has 28 heavy (non-hydrogen) atoms. The Bertz CT molecular complexity index is 1250. The molecular weight excluding hydrogens is 417 g/mol. The van der Waals surface area contributed by atoms with Crippen LogP contribution in [0.3, 0.4) is 0 Å². The van der Waals surface area contributed by atoms with Crippen LogP contribution in [0, 0.1) is 0 Å². The third-order valence-corrected chi connectivity index (χ3v) is 5.54. The SMILES string of the molecule is CCCOc1ccc(-c2nc3sc(=Cc4ccc(Cl)cc4Cl)c(=O)n3n2)cc1. The fourth-order valence-corrected chi connectivity index (χ4v) is 4.00. The number of hydrogen-bond donors (Lipinski definition) is 0. The first kappa shape index (κ1) is 18.9. The smallest absolute Gasteiger partial charge is 0.291 e. The van der Waals surface area contributed by atoms with Crippen molar-refractivity contribution in [3.05, 3.63) is 73.0 Å². The van der Waals surface area contributed by atoms with Crippen molar-refractivity contribution in [2.75, 3.05) is 6.61 Å². The molecule has 0 aliphatic carbocycles. The number of aromatic nitrogens is 3. The molecule has 0 aliphatic rings. The number of thiazole rings is 1. The van der Waals surface area contributed by atoms with Crippen LogP contribution in [-0.4, -0.2) is 21.2 Å². The summed E-state index contributed by atoms with van der Waals surface area (Å²) in [4.78, 5) is 17.7. The largest absolute Gasteiger partial charge is 0.494 e. The van der Waals surface area contributed by atoms with E-state index in [1.54, 1.807) is 24.3 Å². The van der Waals surface area contributed by atoms with Gasteiger partial charge < -0.3 is 4.74 Å². The van der Waals surface area contributed by atoms with Crippen LogP contribution in [0.2, 0.25) is 10.0 Å². The fraction of sp³-hybridized carbons (Fsp3) is 0.150. The quantitative estimate of drug-likeness (QED) is 0.467. The molecule has 0 spiro atoms. The molecule has 4 rings (SSSR count). The molecule has 2 aromatic carbocycles. The maximum atomic E-state index is 12.7. The number of nitrogens with zero attached hydrogens (tertiary/aromatic N) is 3. The van der Waals surface area contributed by atoms with Crippen LogP contribution < -0.4 is 14.8 Å². The highest BCUT2D eigenvalue weighted by atomic mass is 35.5. The zero-order valence-corrected chi connectivity index (χ0v) is 17.2. The summed E-state index contributed by atoms with van der Waals surface area (Å²) in [6, 6.07) is 12.7. The van der Waals surface area contributed by atoms with Crippen LogP contribution in [0.15, 0.2) is 47.3 Å². The highest BCUT2D eigenvalue weighted by Gasteiger charge is 2.12. The van der Waals surface area contributed by atoms with E-state index in [0.29, 0.717) is 32.0 Å². The standard InChI is InChI=1S/C20H15Cl2N3O2S/c1-2-9-27-15-7-4-12(5-8-15)18-23-20-25(24-18)19(26)17(28-20)10-13-3-6-14(21)11-16(13)22/h3-8,10-11H,2,9H2,1H3. The molecule has 4 aromatic rings. The van der Waals surface area contributed by atoms with Crippen LogP contribution in [0.1, 0.15) is 18.9 Å². The lowest BCUT2D eigenvalue weighted by Crippen LogP contribution is -2.23. The van der Waals surface area contributed by atoms with Gasteiger partial charge in [0.05, 0.1) is 11.1 Å². The van der Waals surface area contributed by atoms with Crippen LogP contribution in [0.4, 0.5) is 0 Å². The van der Waals surface area contributed by atoms with Gasteiger partial charge in [0, 0.05) is 15.6 Å². The molecule has 0 saturated carbocycles. The fourth-order valence-electron chi connectivity index (χ4n) is 2.64. The van der Waals surface area contributed by atoms with Crippen LogP contribution >= 0.6 is 34.5 Å². The Hall–Kier alpha value is -2.41. The Balaban J connectivity index is 1.68. The van der Waals surface area contributed by atoms with Gasteiger partial charge in [-0.15, -0.1) is 5.10 Å². The van der Waals surface area contributed by atoms with Crippen LogP contribution in [0.25, 0.3) is 22.4 Å². The van der Waals surface area contributed by atoms with E-state index in [4.69, 9.17) is 27.9 Å². The van der Waals surface area contributed by atoms with Crippen molar-refractivity contribution in [2.24, 2.45) is 0 Å². The molecule has 0 atom stereocenters. The molecule has 0 radical (unpaired) electrons. The second-order valence-corrected chi connectivity index (χ2v) is 7.94. The Morgan fingerprint density at radius 1 is 1.18 bits per heavy atom. The number of fused-ring (bicyclic) bond motifs is 1. The van der Waals surface area contributed by atoms with E-state index in [9.17, 15) is 4.79 Å². The van der Waals surface area contributed by atoms with Crippen molar-refractivity contribution in [3.8, 4) is 17.1 Å². The molecular formula is C20H15Cl2N3O2S. The van der Waals surface area contributed by atoms with E-state index in [-0.39, 0.29) is 5.56 Å². The number of hydrogen-bond acceptors (Lipinski definition) is 5. The Labute approximate surface area is 174 Å². The van der Waals surface area contributed by atoms with Gasteiger partial charge in [-0.25, -0.2) is 0 Å². The summed E-state index contributed by atoms with van der Waals surface area (Å²) in [6.45, 7) is 2.73. The first-order chi connectivity index (χ1) is 13.5. The predicted molar refractivity (Wildman–Crippen MR) is 114 cm³/mol. The van der Waals surface area contributed by atoms with Gasteiger partial charge in [-0.05, 0) is 54.5 Å². The molecule has 0 aliphatic heterocycles. The zero-order chi connectivity index (χ0) is 19.7. The lowest BCUT2D eigenvalue weighted by atomic mass is 10.2. The minimum Gasteiger partial charge on any atom is -0.494 e. The molecule has 0 unspecified atom stereocenters. The van der Waals surface area contributed by atoms with E-state index in [2.05, 4.69) is 17.0 Å². The average molecular weight is 432 g/mol. The zero-order valence-electron chi connectivity index (χ0n) is 14.9. The van der Waals surface area contributed by atoms with Gasteiger partial charge in [0.25, 0.3) is 5.56 Å². The molecule has 5 nitrogen and oxygen atoms in total. The van der Waals surface area contributed by atoms with Gasteiger partial charge in [-0.3, -0.25) is 4.79 Å². The molecule has 0 saturated heterocycles. The molecule has 0 N–H and O–H groups in total. The van der Waals surface area contributed by atoms with Crippen molar-refractivity contribution in [1.29, 1.82) is 0 Å². The van der Waals surface area contributed by atoms with Crippen molar-refractivity contribution in [2.45, 2.75) is 13.3 Å². The molecule has 0 bridgehead atoms. The first-order valence-electron chi connectivity index (χ1n) is 8.65. The predicted octanol–water partition coefficient (Wildman–Crippen LogP) is 4.46. The summed E-state index contributed by atoms with van der Waals surface area (Å²) in [5, 5.41) is 5.39. The lowest BCUT2D eigenvalue weighted by Gasteiger charge is -2.04. The summed E-state index contributed by atoms with van der Waals surface area (Å²) >= 11 is 13.4. The Morgan fingerprint density at radius 3 is 2.64 bits per heavy atom. The highest BCUT2D eigenvalue weighted by molar-refractivity contribution is 7.15. The highest BCUT2D eigenvalue weighted by Crippen LogP contribution is 2.22. The Morgan fingerprint density at radius 2 is 1.96 bits per heavy atom. The number of benzene rings is 2. The summed E-state index contributed by atoms with van der Waals surface area (Å²) in [5.41, 5.74) is 1.31. The maximum absolute atomic E-state index is 12.7. The molecule has 142 valence electrons. The topological polar surface area (TPSA) is 56.5 Å². The van der Waals surface area contributed by atoms with Gasteiger partial charge in [0.15, 0.2) is 5.82 Å².